The predicted molar refractivity (Wildman–Crippen MR) is 73.1 cm³/mol. The summed E-state index contributed by atoms with van der Waals surface area (Å²) >= 11 is 3.46. The Morgan fingerprint density at radius 1 is 1.56 bits per heavy atom. The van der Waals surface area contributed by atoms with Gasteiger partial charge in [0.2, 0.25) is 5.91 Å². The number of piperazine rings is 1. The number of benzene rings is 1. The zero-order valence-electron chi connectivity index (χ0n) is 10.1. The Bertz CT molecular complexity index is 497. The van der Waals surface area contributed by atoms with Crippen LogP contribution in [0.4, 0.5) is 5.69 Å². The summed E-state index contributed by atoms with van der Waals surface area (Å²) in [7, 11) is 0. The Kier molecular flexibility index (Phi) is 4.00. The fourth-order valence-electron chi connectivity index (χ4n) is 2.14. The van der Waals surface area contributed by atoms with Gasteiger partial charge in [-0.1, -0.05) is 12.1 Å². The van der Waals surface area contributed by atoms with E-state index in [0.29, 0.717) is 6.54 Å². The van der Waals surface area contributed by atoms with Crippen LogP contribution in [0.25, 0.3) is 0 Å². The van der Waals surface area contributed by atoms with E-state index in [1.54, 1.807) is 4.90 Å². The molecular weight excluding hydrogens is 294 g/mol. The van der Waals surface area contributed by atoms with Crippen LogP contribution in [0.15, 0.2) is 28.7 Å². The normalized spacial score (nSPS) is 23.8. The molecule has 0 saturated carbocycles. The van der Waals surface area contributed by atoms with Gasteiger partial charge in [0.05, 0.1) is 18.2 Å². The van der Waals surface area contributed by atoms with Crippen LogP contribution < -0.4 is 10.2 Å². The summed E-state index contributed by atoms with van der Waals surface area (Å²) < 4.78 is 0.892. The van der Waals surface area contributed by atoms with E-state index in [1.165, 1.54) is 0 Å². The molecule has 2 rings (SSSR count). The van der Waals surface area contributed by atoms with Crippen molar-refractivity contribution in [2.24, 2.45) is 0 Å². The van der Waals surface area contributed by atoms with Crippen molar-refractivity contribution >= 4 is 27.5 Å². The summed E-state index contributed by atoms with van der Waals surface area (Å²) in [4.78, 5) is 14.0. The molecule has 94 valence electrons. The van der Waals surface area contributed by atoms with Crippen LogP contribution in [0, 0.1) is 11.3 Å². The summed E-state index contributed by atoms with van der Waals surface area (Å²) in [5, 5.41) is 11.9. The van der Waals surface area contributed by atoms with Gasteiger partial charge in [-0.3, -0.25) is 4.79 Å². The number of hydrogen-bond acceptors (Lipinski definition) is 3. The van der Waals surface area contributed by atoms with Gasteiger partial charge in [-0.15, -0.1) is 0 Å². The second-order valence-corrected chi connectivity index (χ2v) is 5.24. The highest BCUT2D eigenvalue weighted by atomic mass is 79.9. The highest BCUT2D eigenvalue weighted by molar-refractivity contribution is 9.10. The fourth-order valence-corrected chi connectivity index (χ4v) is 2.64. The summed E-state index contributed by atoms with van der Waals surface area (Å²) in [5.41, 5.74) is 0.860. The van der Waals surface area contributed by atoms with Crippen LogP contribution in [-0.2, 0) is 4.79 Å². The molecular formula is C13H14BrN3O. The number of carbonyl (C=O) groups is 1. The first kappa shape index (κ1) is 13.1. The van der Waals surface area contributed by atoms with Crippen LogP contribution >= 0.6 is 15.9 Å². The molecule has 0 bridgehead atoms. The smallest absolute Gasteiger partial charge is 0.245 e. The van der Waals surface area contributed by atoms with Gasteiger partial charge < -0.3 is 10.2 Å². The van der Waals surface area contributed by atoms with Gasteiger partial charge in [0.25, 0.3) is 0 Å². The molecule has 1 aliphatic rings. The van der Waals surface area contributed by atoms with Gasteiger partial charge in [-0.25, -0.2) is 0 Å². The van der Waals surface area contributed by atoms with Crippen molar-refractivity contribution in [1.82, 2.24) is 5.32 Å². The highest BCUT2D eigenvalue weighted by Gasteiger charge is 2.33. The maximum Gasteiger partial charge on any atom is 0.245 e. The first-order valence-corrected chi connectivity index (χ1v) is 6.61. The molecule has 1 fully saturated rings. The SMILES string of the molecule is CC1CN(c2ccccc2Br)C(=O)C(CC#N)N1. The van der Waals surface area contributed by atoms with Crippen LogP contribution in [0.2, 0.25) is 0 Å². The Hall–Kier alpha value is -1.38. The van der Waals surface area contributed by atoms with E-state index in [0.717, 1.165) is 10.2 Å². The Labute approximate surface area is 115 Å². The second-order valence-electron chi connectivity index (χ2n) is 4.38. The lowest BCUT2D eigenvalue weighted by Gasteiger charge is -2.36. The van der Waals surface area contributed by atoms with Gasteiger partial charge in [-0.05, 0) is 35.0 Å². The average molecular weight is 308 g/mol. The molecule has 1 aromatic rings. The summed E-state index contributed by atoms with van der Waals surface area (Å²) in [6.07, 6.45) is 0.199. The van der Waals surface area contributed by atoms with E-state index in [1.807, 2.05) is 31.2 Å². The molecule has 1 aliphatic heterocycles. The molecule has 0 aliphatic carbocycles. The van der Waals surface area contributed by atoms with Crippen molar-refractivity contribution in [3.05, 3.63) is 28.7 Å². The molecule has 1 aromatic carbocycles. The standard InChI is InChI=1S/C13H14BrN3O/c1-9-8-17(12-5-3-2-4-10(12)14)13(18)11(16-9)6-7-15/h2-5,9,11,16H,6,8H2,1H3. The Morgan fingerprint density at radius 3 is 2.94 bits per heavy atom. The minimum atomic E-state index is -0.411. The fraction of sp³-hybridized carbons (Fsp3) is 0.385. The number of anilines is 1. The molecule has 5 heteroatoms. The summed E-state index contributed by atoms with van der Waals surface area (Å²) in [6.45, 7) is 2.63. The zero-order valence-corrected chi connectivity index (χ0v) is 11.6. The van der Waals surface area contributed by atoms with Gasteiger partial charge in [0, 0.05) is 17.1 Å². The van der Waals surface area contributed by atoms with Crippen molar-refractivity contribution < 1.29 is 4.79 Å². The number of nitrogens with one attached hydrogen (secondary N) is 1. The third-order valence-electron chi connectivity index (χ3n) is 2.94. The van der Waals surface area contributed by atoms with E-state index in [9.17, 15) is 4.79 Å². The molecule has 18 heavy (non-hydrogen) atoms. The maximum atomic E-state index is 12.3. The van der Waals surface area contributed by atoms with Crippen LogP contribution in [0.1, 0.15) is 13.3 Å². The first-order valence-electron chi connectivity index (χ1n) is 5.82. The van der Waals surface area contributed by atoms with Crippen LogP contribution in [0.5, 0.6) is 0 Å². The van der Waals surface area contributed by atoms with Gasteiger partial charge in [0.1, 0.15) is 6.04 Å². The van der Waals surface area contributed by atoms with E-state index < -0.39 is 6.04 Å². The third-order valence-corrected chi connectivity index (χ3v) is 3.62. The molecule has 0 spiro atoms. The monoisotopic (exact) mass is 307 g/mol. The molecule has 1 heterocycles. The maximum absolute atomic E-state index is 12.3. The lowest BCUT2D eigenvalue weighted by molar-refractivity contribution is -0.122. The number of nitrogens with zero attached hydrogens (tertiary/aromatic N) is 2. The molecule has 0 aromatic heterocycles. The second kappa shape index (κ2) is 5.51. The number of hydrogen-bond donors (Lipinski definition) is 1. The third kappa shape index (κ3) is 2.55. The van der Waals surface area contributed by atoms with Crippen LogP contribution in [0.3, 0.4) is 0 Å². The first-order chi connectivity index (χ1) is 8.63. The molecule has 2 atom stereocenters. The minimum Gasteiger partial charge on any atom is -0.308 e. The molecule has 4 nitrogen and oxygen atoms in total. The minimum absolute atomic E-state index is 0.0402. The van der Waals surface area contributed by atoms with E-state index in [4.69, 9.17) is 5.26 Å². The zero-order chi connectivity index (χ0) is 13.1. The number of carbonyl (C=O) groups excluding carboxylic acids is 1. The number of rotatable bonds is 2. The largest absolute Gasteiger partial charge is 0.308 e. The summed E-state index contributed by atoms with van der Waals surface area (Å²) in [5.74, 6) is -0.0402. The van der Waals surface area contributed by atoms with Gasteiger partial charge in [-0.2, -0.15) is 5.26 Å². The molecule has 2 unspecified atom stereocenters. The summed E-state index contributed by atoms with van der Waals surface area (Å²) in [6, 6.07) is 9.45. The van der Waals surface area contributed by atoms with Crippen molar-refractivity contribution in [2.45, 2.75) is 25.4 Å². The molecule has 1 amide bonds. The van der Waals surface area contributed by atoms with Crippen molar-refractivity contribution in [3.8, 4) is 6.07 Å². The Balaban J connectivity index is 2.30. The van der Waals surface area contributed by atoms with Crippen molar-refractivity contribution in [3.63, 3.8) is 0 Å². The Morgan fingerprint density at radius 2 is 2.28 bits per heavy atom. The van der Waals surface area contributed by atoms with Crippen molar-refractivity contribution in [2.75, 3.05) is 11.4 Å². The van der Waals surface area contributed by atoms with E-state index in [-0.39, 0.29) is 18.4 Å². The average Bonchev–Trinajstić information content (AvgIpc) is 2.34. The lowest BCUT2D eigenvalue weighted by atomic mass is 10.1. The lowest BCUT2D eigenvalue weighted by Crippen LogP contribution is -2.59. The van der Waals surface area contributed by atoms with E-state index >= 15 is 0 Å². The predicted octanol–water partition coefficient (Wildman–Crippen LogP) is 2.06. The number of para-hydroxylation sites is 1. The quantitative estimate of drug-likeness (QED) is 0.910. The number of nitriles is 1. The van der Waals surface area contributed by atoms with E-state index in [2.05, 4.69) is 27.3 Å². The molecule has 0 radical (unpaired) electrons. The van der Waals surface area contributed by atoms with Gasteiger partial charge in [0.15, 0.2) is 0 Å². The van der Waals surface area contributed by atoms with Crippen LogP contribution in [-0.4, -0.2) is 24.5 Å². The van der Waals surface area contributed by atoms with Gasteiger partial charge >= 0.3 is 0 Å². The molecule has 1 saturated heterocycles. The number of amides is 1. The van der Waals surface area contributed by atoms with Crippen molar-refractivity contribution in [1.29, 1.82) is 5.26 Å². The number of halogens is 1. The molecule has 1 N–H and O–H groups in total. The topological polar surface area (TPSA) is 56.1 Å². The highest BCUT2D eigenvalue weighted by Crippen LogP contribution is 2.28.